The van der Waals surface area contributed by atoms with Crippen molar-refractivity contribution in [2.75, 3.05) is 13.1 Å². The molecule has 0 bridgehead atoms. The van der Waals surface area contributed by atoms with E-state index in [0.717, 1.165) is 31.6 Å². The van der Waals surface area contributed by atoms with Crippen LogP contribution in [0.1, 0.15) is 29.0 Å². The molecule has 0 unspecified atom stereocenters. The molecule has 2 aromatic rings. The first-order valence-electron chi connectivity index (χ1n) is 8.62. The van der Waals surface area contributed by atoms with Crippen molar-refractivity contribution in [2.24, 2.45) is 5.73 Å². The van der Waals surface area contributed by atoms with Crippen molar-refractivity contribution in [3.05, 3.63) is 70.1 Å². The number of carbonyl (C=O) groups is 1. The first-order valence-corrected chi connectivity index (χ1v) is 10.1. The highest BCUT2D eigenvalue weighted by atomic mass is 32.2. The van der Waals surface area contributed by atoms with Crippen molar-refractivity contribution in [3.8, 4) is 0 Å². The van der Waals surface area contributed by atoms with Crippen LogP contribution in [0, 0.1) is 0 Å². The van der Waals surface area contributed by atoms with Crippen LogP contribution in [0.2, 0.25) is 0 Å². The molecule has 1 fully saturated rings. The van der Waals surface area contributed by atoms with E-state index in [-0.39, 0.29) is 15.7 Å². The Bertz CT molecular complexity index is 997. The summed E-state index contributed by atoms with van der Waals surface area (Å²) in [6.45, 7) is 2.71. The predicted octanol–water partition coefficient (Wildman–Crippen LogP) is 2.29. The Hall–Kier alpha value is -2.44. The molecule has 1 saturated heterocycles. The van der Waals surface area contributed by atoms with Gasteiger partial charge >= 0.3 is 0 Å². The summed E-state index contributed by atoms with van der Waals surface area (Å²) in [5, 5.41) is 0. The van der Waals surface area contributed by atoms with E-state index in [1.807, 2.05) is 24.3 Å². The fraction of sp³-hybridized carbons (Fsp3) is 0.250. The number of carbonyl (C=O) groups excluding carboxylic acids is 1. The Labute approximate surface area is 153 Å². The van der Waals surface area contributed by atoms with Crippen molar-refractivity contribution >= 4 is 21.8 Å². The second-order valence-corrected chi connectivity index (χ2v) is 8.73. The van der Waals surface area contributed by atoms with Crippen molar-refractivity contribution in [1.82, 2.24) is 4.90 Å². The van der Waals surface area contributed by atoms with Gasteiger partial charge in [0.15, 0.2) is 0 Å². The van der Waals surface area contributed by atoms with Gasteiger partial charge in [-0.25, -0.2) is 8.42 Å². The molecule has 5 nitrogen and oxygen atoms in total. The lowest BCUT2D eigenvalue weighted by Gasteiger charge is -2.17. The summed E-state index contributed by atoms with van der Waals surface area (Å²) in [7, 11) is -3.79. The summed E-state index contributed by atoms with van der Waals surface area (Å²) in [6.07, 6.45) is 2.41. The lowest BCUT2D eigenvalue weighted by Crippen LogP contribution is -2.19. The average Bonchev–Trinajstić information content (AvgIpc) is 3.18. The zero-order valence-corrected chi connectivity index (χ0v) is 15.1. The molecule has 2 aromatic carbocycles. The molecular weight excluding hydrogens is 348 g/mol. The standard InChI is InChI=1S/C20H20N2O3S/c21-20(23)19-11-17-16(7-4-8-18(17)26(19,24)25)15-9-10-22(13-15)12-14-5-2-1-3-6-14/h1-8,11,15H,9-10,12-13H2,(H2,21,23)/t15-/m1/s1. The Morgan fingerprint density at radius 1 is 1.12 bits per heavy atom. The third-order valence-electron chi connectivity index (χ3n) is 5.16. The fourth-order valence-corrected chi connectivity index (χ4v) is 5.41. The number of nitrogens with two attached hydrogens (primary N) is 1. The smallest absolute Gasteiger partial charge is 0.260 e. The van der Waals surface area contributed by atoms with Crippen molar-refractivity contribution in [1.29, 1.82) is 0 Å². The molecule has 1 amide bonds. The summed E-state index contributed by atoms with van der Waals surface area (Å²) in [5.74, 6) is -0.656. The first-order chi connectivity index (χ1) is 12.5. The number of benzene rings is 2. The lowest BCUT2D eigenvalue weighted by atomic mass is 9.93. The molecule has 1 atom stereocenters. The minimum absolute atomic E-state index is 0.199. The number of amides is 1. The molecule has 6 heteroatoms. The zero-order chi connectivity index (χ0) is 18.3. The number of hydrogen-bond acceptors (Lipinski definition) is 4. The van der Waals surface area contributed by atoms with E-state index >= 15 is 0 Å². The van der Waals surface area contributed by atoms with Crippen molar-refractivity contribution < 1.29 is 13.2 Å². The SMILES string of the molecule is NC(=O)C1=Cc2c([C@@H]3CCN(Cc4ccccc4)C3)cccc2S1(=O)=O. The van der Waals surface area contributed by atoms with E-state index < -0.39 is 15.7 Å². The van der Waals surface area contributed by atoms with Gasteiger partial charge in [-0.2, -0.15) is 0 Å². The fourth-order valence-electron chi connectivity index (χ4n) is 3.91. The van der Waals surface area contributed by atoms with E-state index in [1.165, 1.54) is 11.6 Å². The summed E-state index contributed by atoms with van der Waals surface area (Å²) < 4.78 is 25.0. The van der Waals surface area contributed by atoms with Crippen LogP contribution < -0.4 is 5.73 Å². The van der Waals surface area contributed by atoms with E-state index in [1.54, 1.807) is 12.1 Å². The third kappa shape index (κ3) is 2.85. The second kappa shape index (κ2) is 6.37. The van der Waals surface area contributed by atoms with Crippen LogP contribution in [0.3, 0.4) is 0 Å². The minimum Gasteiger partial charge on any atom is -0.365 e. The van der Waals surface area contributed by atoms with Crippen LogP contribution >= 0.6 is 0 Å². The predicted molar refractivity (Wildman–Crippen MR) is 99.9 cm³/mol. The lowest BCUT2D eigenvalue weighted by molar-refractivity contribution is -0.113. The molecule has 0 saturated carbocycles. The van der Waals surface area contributed by atoms with Crippen LogP contribution in [0.15, 0.2) is 58.3 Å². The minimum atomic E-state index is -3.79. The van der Waals surface area contributed by atoms with Gasteiger partial charge in [0, 0.05) is 13.1 Å². The van der Waals surface area contributed by atoms with Crippen LogP contribution in [0.5, 0.6) is 0 Å². The van der Waals surface area contributed by atoms with Crippen LogP contribution in [0.25, 0.3) is 6.08 Å². The highest BCUT2D eigenvalue weighted by Gasteiger charge is 2.36. The Morgan fingerprint density at radius 2 is 1.88 bits per heavy atom. The molecule has 0 radical (unpaired) electrons. The monoisotopic (exact) mass is 368 g/mol. The topological polar surface area (TPSA) is 80.5 Å². The number of hydrogen-bond donors (Lipinski definition) is 1. The van der Waals surface area contributed by atoms with Gasteiger partial charge < -0.3 is 5.73 Å². The van der Waals surface area contributed by atoms with Crippen LogP contribution in [0.4, 0.5) is 0 Å². The maximum atomic E-state index is 12.5. The molecule has 2 aliphatic rings. The van der Waals surface area contributed by atoms with Gasteiger partial charge in [0.1, 0.15) is 4.91 Å². The second-order valence-electron chi connectivity index (χ2n) is 6.84. The largest absolute Gasteiger partial charge is 0.365 e. The van der Waals surface area contributed by atoms with Gasteiger partial charge in [-0.15, -0.1) is 0 Å². The molecule has 26 heavy (non-hydrogen) atoms. The molecule has 2 heterocycles. The van der Waals surface area contributed by atoms with E-state index in [9.17, 15) is 13.2 Å². The molecule has 0 aliphatic carbocycles. The molecule has 0 spiro atoms. The normalized spacial score (nSPS) is 21.4. The molecule has 134 valence electrons. The van der Waals surface area contributed by atoms with Gasteiger partial charge in [-0.05, 0) is 47.7 Å². The number of fused-ring (bicyclic) bond motifs is 1. The maximum absolute atomic E-state index is 12.5. The molecule has 4 rings (SSSR count). The third-order valence-corrected chi connectivity index (χ3v) is 6.99. The summed E-state index contributed by atoms with van der Waals surface area (Å²) >= 11 is 0. The molecular formula is C20H20N2O3S. The van der Waals surface area contributed by atoms with Gasteiger partial charge in [0.25, 0.3) is 5.91 Å². The van der Waals surface area contributed by atoms with Gasteiger partial charge in [-0.3, -0.25) is 9.69 Å². The summed E-state index contributed by atoms with van der Waals surface area (Å²) in [4.78, 5) is 13.8. The summed E-state index contributed by atoms with van der Waals surface area (Å²) in [6, 6.07) is 15.6. The quantitative estimate of drug-likeness (QED) is 0.898. The average molecular weight is 368 g/mol. The molecule has 2 N–H and O–H groups in total. The van der Waals surface area contributed by atoms with Gasteiger partial charge in [0.2, 0.25) is 9.84 Å². The molecule has 2 aliphatic heterocycles. The van der Waals surface area contributed by atoms with Gasteiger partial charge in [0.05, 0.1) is 4.90 Å². The number of nitrogens with zero attached hydrogens (tertiary/aromatic N) is 1. The zero-order valence-electron chi connectivity index (χ0n) is 14.3. The highest BCUT2D eigenvalue weighted by Crippen LogP contribution is 2.39. The number of sulfone groups is 1. The number of primary amides is 1. The van der Waals surface area contributed by atoms with Crippen LogP contribution in [-0.2, 0) is 21.2 Å². The first kappa shape index (κ1) is 17.0. The Kier molecular flexibility index (Phi) is 4.17. The van der Waals surface area contributed by atoms with E-state index in [4.69, 9.17) is 5.73 Å². The highest BCUT2D eigenvalue weighted by molar-refractivity contribution is 7.96. The van der Waals surface area contributed by atoms with E-state index in [0.29, 0.717) is 5.56 Å². The number of likely N-dealkylation sites (tertiary alicyclic amines) is 1. The van der Waals surface area contributed by atoms with Crippen molar-refractivity contribution in [2.45, 2.75) is 23.8 Å². The molecule has 0 aromatic heterocycles. The van der Waals surface area contributed by atoms with Gasteiger partial charge in [-0.1, -0.05) is 42.5 Å². The Balaban J connectivity index is 1.61. The van der Waals surface area contributed by atoms with E-state index in [2.05, 4.69) is 17.0 Å². The maximum Gasteiger partial charge on any atom is 0.260 e. The number of rotatable bonds is 4. The Morgan fingerprint density at radius 3 is 2.62 bits per heavy atom. The van der Waals surface area contributed by atoms with Crippen molar-refractivity contribution in [3.63, 3.8) is 0 Å². The summed E-state index contributed by atoms with van der Waals surface area (Å²) in [5.41, 5.74) is 8.15. The van der Waals surface area contributed by atoms with Crippen LogP contribution in [-0.4, -0.2) is 32.3 Å².